The van der Waals surface area contributed by atoms with Gasteiger partial charge in [0, 0.05) is 23.6 Å². The van der Waals surface area contributed by atoms with Crippen molar-refractivity contribution < 1.29 is 18.8 Å². The Morgan fingerprint density at radius 3 is 2.81 bits per heavy atom. The summed E-state index contributed by atoms with van der Waals surface area (Å²) in [7, 11) is -2.04. The van der Waals surface area contributed by atoms with E-state index < -0.39 is 14.3 Å². The fourth-order valence-corrected chi connectivity index (χ4v) is 6.45. The number of hydrogen-bond acceptors (Lipinski definition) is 6. The Labute approximate surface area is 193 Å². The Morgan fingerprint density at radius 1 is 1.44 bits per heavy atom. The molecule has 4 rings (SSSR count). The van der Waals surface area contributed by atoms with Gasteiger partial charge < -0.3 is 14.1 Å². The number of esters is 1. The lowest BCUT2D eigenvalue weighted by Gasteiger charge is -2.48. The number of amides is 1. The van der Waals surface area contributed by atoms with Crippen molar-refractivity contribution in [1.29, 1.82) is 0 Å². The van der Waals surface area contributed by atoms with Gasteiger partial charge in [0.05, 0.1) is 24.3 Å². The molecule has 0 bridgehead atoms. The molecular formula is C23H31N3O4SSi. The predicted octanol–water partition coefficient (Wildman–Crippen LogP) is 4.48. The average molecular weight is 474 g/mol. The zero-order chi connectivity index (χ0) is 23.4. The highest BCUT2D eigenvalue weighted by atomic mass is 32.1. The van der Waals surface area contributed by atoms with Crippen LogP contribution in [-0.4, -0.2) is 53.2 Å². The van der Waals surface area contributed by atoms with Gasteiger partial charge in [-0.3, -0.25) is 9.20 Å². The molecule has 0 aliphatic carbocycles. The van der Waals surface area contributed by atoms with Gasteiger partial charge in [0.15, 0.2) is 8.32 Å². The lowest BCUT2D eigenvalue weighted by Crippen LogP contribution is -2.63. The van der Waals surface area contributed by atoms with E-state index in [1.807, 2.05) is 22.9 Å². The molecule has 0 unspecified atom stereocenters. The van der Waals surface area contributed by atoms with Crippen LogP contribution in [0.5, 0.6) is 0 Å². The fraction of sp³-hybridized carbons (Fsp3) is 0.522. The molecule has 2 aromatic heterocycles. The molecular weight excluding hydrogens is 442 g/mol. The van der Waals surface area contributed by atoms with Gasteiger partial charge >= 0.3 is 5.97 Å². The van der Waals surface area contributed by atoms with Crippen LogP contribution < -0.4 is 0 Å². The molecule has 0 N–H and O–H groups in total. The molecule has 32 heavy (non-hydrogen) atoms. The number of aromatic nitrogens is 2. The summed E-state index contributed by atoms with van der Waals surface area (Å²) in [5, 5.41) is 2.02. The topological polar surface area (TPSA) is 73.1 Å². The lowest BCUT2D eigenvalue weighted by atomic mass is 9.83. The third-order valence-corrected chi connectivity index (χ3v) is 12.3. The van der Waals surface area contributed by atoms with Crippen molar-refractivity contribution in [3.63, 3.8) is 0 Å². The minimum atomic E-state index is -2.04. The number of carbonyl (C=O) groups excluding carboxylic acids is 2. The van der Waals surface area contributed by atoms with Crippen molar-refractivity contribution in [2.24, 2.45) is 5.92 Å². The van der Waals surface area contributed by atoms with Gasteiger partial charge in [-0.1, -0.05) is 33.4 Å². The number of rotatable bonds is 7. The number of β-lactam (4-membered cyclic amide) rings is 1. The maximum absolute atomic E-state index is 13.3. The second kappa shape index (κ2) is 7.97. The summed E-state index contributed by atoms with van der Waals surface area (Å²) in [5.74, 6) is -0.202. The molecule has 1 saturated heterocycles. The maximum atomic E-state index is 13.3. The van der Waals surface area contributed by atoms with Crippen LogP contribution in [0.3, 0.4) is 0 Å². The summed E-state index contributed by atoms with van der Waals surface area (Å²) < 4.78 is 13.9. The van der Waals surface area contributed by atoms with Gasteiger partial charge in [-0.2, -0.15) is 0 Å². The molecule has 0 saturated carbocycles. The van der Waals surface area contributed by atoms with E-state index in [0.717, 1.165) is 10.4 Å². The Balaban J connectivity index is 1.66. The second-order valence-electron chi connectivity index (χ2n) is 10.00. The van der Waals surface area contributed by atoms with E-state index in [4.69, 9.17) is 9.16 Å². The Morgan fingerprint density at radius 2 is 2.16 bits per heavy atom. The normalized spacial score (nSPS) is 22.2. The zero-order valence-corrected chi connectivity index (χ0v) is 21.4. The molecule has 0 spiro atoms. The number of imidazole rings is 1. The van der Waals surface area contributed by atoms with Crippen molar-refractivity contribution in [1.82, 2.24) is 14.3 Å². The smallest absolute Gasteiger partial charge is 0.355 e. The van der Waals surface area contributed by atoms with Crippen LogP contribution in [-0.2, 0) is 18.8 Å². The van der Waals surface area contributed by atoms with E-state index >= 15 is 0 Å². The molecule has 172 valence electrons. The summed E-state index contributed by atoms with van der Waals surface area (Å²) in [6, 6.07) is -0.130. The summed E-state index contributed by atoms with van der Waals surface area (Å²) in [6.45, 7) is 16.6. The maximum Gasteiger partial charge on any atom is 0.355 e. The third kappa shape index (κ3) is 3.56. The summed E-state index contributed by atoms with van der Waals surface area (Å²) in [5.41, 5.74) is 1.05. The Bertz CT molecular complexity index is 1110. The first kappa shape index (κ1) is 22.9. The third-order valence-electron chi connectivity index (χ3n) is 6.96. The van der Waals surface area contributed by atoms with E-state index in [2.05, 4.69) is 45.4 Å². The minimum absolute atomic E-state index is 0.0485. The molecule has 3 atom stereocenters. The van der Waals surface area contributed by atoms with Crippen molar-refractivity contribution in [3.8, 4) is 0 Å². The standard InChI is InChI=1S/C23H31N3O4SSi/c1-8-10-29-22(28)19-15(20-24-13-17-25(20)9-11-31-17)12-16-18(21(27)26(16)19)14(2)30-32(6,7)23(3,4)5/h8-9,11,13-14,16,18H,1,10,12H2,2-7H3/t14-,16-,18-/m1/s1. The molecule has 0 aromatic carbocycles. The second-order valence-corrected chi connectivity index (χ2v) is 15.7. The number of thiazole rings is 1. The highest BCUT2D eigenvalue weighted by Gasteiger charge is 2.58. The lowest BCUT2D eigenvalue weighted by molar-refractivity contribution is -0.161. The van der Waals surface area contributed by atoms with Gasteiger partial charge in [0.1, 0.15) is 23.0 Å². The van der Waals surface area contributed by atoms with Gasteiger partial charge in [0.25, 0.3) is 0 Å². The molecule has 9 heteroatoms. The van der Waals surface area contributed by atoms with Crippen LogP contribution in [0.25, 0.3) is 10.4 Å². The molecule has 7 nitrogen and oxygen atoms in total. The van der Waals surface area contributed by atoms with Crippen LogP contribution in [0.2, 0.25) is 18.1 Å². The number of carbonyl (C=O) groups is 2. The fourth-order valence-electron chi connectivity index (χ4n) is 4.32. The Kier molecular flexibility index (Phi) is 5.71. The van der Waals surface area contributed by atoms with Crippen LogP contribution in [0.1, 0.15) is 39.9 Å². The van der Waals surface area contributed by atoms with E-state index in [0.29, 0.717) is 17.9 Å². The predicted molar refractivity (Wildman–Crippen MR) is 128 cm³/mol. The molecule has 1 amide bonds. The van der Waals surface area contributed by atoms with Gasteiger partial charge in [-0.15, -0.1) is 11.3 Å². The molecule has 0 radical (unpaired) electrons. The molecule has 1 fully saturated rings. The van der Waals surface area contributed by atoms with Crippen molar-refractivity contribution >= 4 is 41.9 Å². The highest BCUT2D eigenvalue weighted by Crippen LogP contribution is 2.49. The van der Waals surface area contributed by atoms with Crippen molar-refractivity contribution in [2.45, 2.75) is 64.4 Å². The summed E-state index contributed by atoms with van der Waals surface area (Å²) >= 11 is 1.57. The van der Waals surface area contributed by atoms with E-state index in [1.165, 1.54) is 6.08 Å². The van der Waals surface area contributed by atoms with Crippen LogP contribution >= 0.6 is 11.3 Å². The number of nitrogens with zero attached hydrogens (tertiary/aromatic N) is 3. The van der Waals surface area contributed by atoms with Crippen LogP contribution in [0, 0.1) is 5.92 Å². The van der Waals surface area contributed by atoms with Gasteiger partial charge in [0.2, 0.25) is 5.91 Å². The average Bonchev–Trinajstić information content (AvgIpc) is 3.37. The SMILES string of the molecule is C=CCOC(=O)C1=C(c2ncc3sccn23)C[C@@H]2[C@@H]([C@@H](C)O[Si](C)(C)C(C)(C)C)C(=O)N12. The van der Waals surface area contributed by atoms with E-state index in [9.17, 15) is 9.59 Å². The van der Waals surface area contributed by atoms with Gasteiger partial charge in [-0.05, 0) is 25.1 Å². The van der Waals surface area contributed by atoms with E-state index in [-0.39, 0.29) is 35.6 Å². The number of fused-ring (bicyclic) bond motifs is 2. The number of ether oxygens (including phenoxy) is 1. The van der Waals surface area contributed by atoms with Gasteiger partial charge in [-0.25, -0.2) is 9.78 Å². The molecule has 4 heterocycles. The zero-order valence-electron chi connectivity index (χ0n) is 19.5. The first-order valence-corrected chi connectivity index (χ1v) is 14.7. The summed E-state index contributed by atoms with van der Waals surface area (Å²) in [6.07, 6.45) is 5.57. The number of hydrogen-bond donors (Lipinski definition) is 0. The van der Waals surface area contributed by atoms with Crippen LogP contribution in [0.15, 0.2) is 36.1 Å². The first-order valence-electron chi connectivity index (χ1n) is 10.9. The van der Waals surface area contributed by atoms with Crippen molar-refractivity contribution in [2.75, 3.05) is 6.61 Å². The van der Waals surface area contributed by atoms with Crippen molar-refractivity contribution in [3.05, 3.63) is 42.0 Å². The molecule has 2 aliphatic rings. The first-order chi connectivity index (χ1) is 15.0. The summed E-state index contributed by atoms with van der Waals surface area (Å²) in [4.78, 5) is 33.4. The highest BCUT2D eigenvalue weighted by molar-refractivity contribution is 7.15. The molecule has 2 aliphatic heterocycles. The largest absolute Gasteiger partial charge is 0.457 e. The quantitative estimate of drug-likeness (QED) is 0.257. The minimum Gasteiger partial charge on any atom is -0.457 e. The monoisotopic (exact) mass is 473 g/mol. The Hall–Kier alpha value is -2.23. The molecule has 2 aromatic rings. The van der Waals surface area contributed by atoms with E-state index in [1.54, 1.807) is 22.4 Å². The van der Waals surface area contributed by atoms with Crippen LogP contribution in [0.4, 0.5) is 0 Å².